The zero-order valence-corrected chi connectivity index (χ0v) is 36.1. The molecule has 2 aromatic heterocycles. The highest BCUT2D eigenvalue weighted by molar-refractivity contribution is 7.98. The van der Waals surface area contributed by atoms with E-state index < -0.39 is 89.6 Å². The number of primary amides is 1. The molecule has 3 saturated heterocycles. The number of amides is 7. The molecule has 5 heterocycles. The summed E-state index contributed by atoms with van der Waals surface area (Å²) in [7, 11) is 0. The number of nitrogens with one attached hydrogen (secondary N) is 5. The number of carboxylic acid groups (broad SMARTS) is 1. The molecule has 0 saturated carbocycles. The molecular weight excluding hydrogens is 835 g/mol. The number of nitrogens with two attached hydrogens (primary N) is 2. The van der Waals surface area contributed by atoms with Crippen molar-refractivity contribution in [3.63, 3.8) is 0 Å². The van der Waals surface area contributed by atoms with Crippen LogP contribution in [-0.2, 0) is 51.2 Å². The zero-order valence-electron chi connectivity index (χ0n) is 35.3. The molecule has 7 atom stereocenters. The molecule has 6 rings (SSSR count). The van der Waals surface area contributed by atoms with Crippen LogP contribution >= 0.6 is 11.8 Å². The Morgan fingerprint density at radius 1 is 0.810 bits per heavy atom. The van der Waals surface area contributed by atoms with Crippen molar-refractivity contribution in [3.8, 4) is 0 Å². The zero-order chi connectivity index (χ0) is 45.2. The predicted octanol–water partition coefficient (Wildman–Crippen LogP) is -0.466. The van der Waals surface area contributed by atoms with Gasteiger partial charge in [-0.3, -0.25) is 33.6 Å². The summed E-state index contributed by atoms with van der Waals surface area (Å²) in [4.78, 5) is 122. The Bertz CT molecular complexity index is 2150. The van der Waals surface area contributed by atoms with Crippen LogP contribution in [-0.4, -0.2) is 156 Å². The van der Waals surface area contributed by atoms with E-state index in [1.807, 2.05) is 30.5 Å². The highest BCUT2D eigenvalue weighted by Gasteiger charge is 2.45. The van der Waals surface area contributed by atoms with Gasteiger partial charge in [-0.25, -0.2) is 9.78 Å². The predicted molar refractivity (Wildman–Crippen MR) is 231 cm³/mol. The van der Waals surface area contributed by atoms with Gasteiger partial charge in [-0.15, -0.1) is 0 Å². The molecule has 3 aliphatic heterocycles. The van der Waals surface area contributed by atoms with Gasteiger partial charge in [0.05, 0.1) is 12.4 Å². The first kappa shape index (κ1) is 46.5. The number of H-pyrrole nitrogens is 2. The number of para-hydroxylation sites is 1. The van der Waals surface area contributed by atoms with E-state index in [9.17, 15) is 43.5 Å². The molecular formula is C42H57N11O9S. The fraction of sp³-hybridized carbons (Fsp3) is 0.548. The minimum Gasteiger partial charge on any atom is -0.480 e. The summed E-state index contributed by atoms with van der Waals surface area (Å²) in [5.74, 6) is -4.63. The summed E-state index contributed by atoms with van der Waals surface area (Å²) in [6.45, 7) is 0.691. The average molecular weight is 892 g/mol. The van der Waals surface area contributed by atoms with Crippen LogP contribution in [0.3, 0.4) is 0 Å². The number of thioether (sulfide) groups is 1. The van der Waals surface area contributed by atoms with E-state index in [1.165, 1.54) is 39.0 Å². The molecule has 3 aromatic rings. The summed E-state index contributed by atoms with van der Waals surface area (Å²) in [5, 5.41) is 19.0. The fourth-order valence-electron chi connectivity index (χ4n) is 8.76. The third-order valence-corrected chi connectivity index (χ3v) is 12.7. The van der Waals surface area contributed by atoms with E-state index >= 15 is 0 Å². The largest absolute Gasteiger partial charge is 0.480 e. The maximum Gasteiger partial charge on any atom is 0.326 e. The van der Waals surface area contributed by atoms with Crippen molar-refractivity contribution in [1.29, 1.82) is 0 Å². The van der Waals surface area contributed by atoms with Gasteiger partial charge in [-0.2, -0.15) is 11.8 Å². The number of rotatable bonds is 20. The second-order valence-corrected chi connectivity index (χ2v) is 17.3. The van der Waals surface area contributed by atoms with Gasteiger partial charge in [-0.05, 0) is 75.0 Å². The summed E-state index contributed by atoms with van der Waals surface area (Å²) in [6, 6.07) is 0.0686. The van der Waals surface area contributed by atoms with Crippen molar-refractivity contribution in [1.82, 2.24) is 45.6 Å². The number of likely N-dealkylation sites (tertiary alicyclic amines) is 3. The Morgan fingerprint density at radius 3 is 2.11 bits per heavy atom. The standard InChI is InChI=1S/C42H57N11O9S/c1-63-18-14-29(48-36(55)27(43)12-13-35(44)54)37(56)49-31(20-25-22-45-23-47-25)40(59)51-15-4-9-32(51)38(57)50-30(19-24-21-46-28-8-3-2-7-26(24)28)39(58)52-16-5-10-33(52)41(60)53-17-6-11-34(53)42(61)62/h2-3,7-8,21-23,27,29-34,46H,4-6,9-20,43H2,1H3,(H2,44,54)(H,45,47)(H,48,55)(H,49,56)(H,50,57)(H,61,62)/t27-,29-,30-,31-,32-,33-,34-/m0/s1. The molecule has 3 aliphatic rings. The minimum absolute atomic E-state index is 0.0197. The smallest absolute Gasteiger partial charge is 0.326 e. The lowest BCUT2D eigenvalue weighted by Gasteiger charge is -2.33. The second-order valence-electron chi connectivity index (χ2n) is 16.3. The number of benzene rings is 1. The quantitative estimate of drug-likeness (QED) is 0.0715. The third kappa shape index (κ3) is 11.4. The van der Waals surface area contributed by atoms with Crippen molar-refractivity contribution in [2.24, 2.45) is 11.5 Å². The fourth-order valence-corrected chi connectivity index (χ4v) is 9.23. The molecule has 1 aromatic carbocycles. The molecule has 20 nitrogen and oxygen atoms in total. The number of carboxylic acids is 1. The normalized spacial score (nSPS) is 20.5. The molecule has 63 heavy (non-hydrogen) atoms. The van der Waals surface area contributed by atoms with Gasteiger partial charge in [0.2, 0.25) is 41.4 Å². The number of carbonyl (C=O) groups excluding carboxylic acids is 7. The topological polar surface area (TPSA) is 299 Å². The first-order valence-corrected chi connectivity index (χ1v) is 22.8. The van der Waals surface area contributed by atoms with Gasteiger partial charge >= 0.3 is 5.97 Å². The van der Waals surface area contributed by atoms with E-state index in [0.29, 0.717) is 43.6 Å². The first-order valence-electron chi connectivity index (χ1n) is 21.4. The molecule has 0 spiro atoms. The minimum atomic E-state index is -1.20. The van der Waals surface area contributed by atoms with Crippen LogP contribution in [0, 0.1) is 0 Å². The van der Waals surface area contributed by atoms with E-state index in [-0.39, 0.29) is 58.2 Å². The third-order valence-electron chi connectivity index (χ3n) is 12.1. The lowest BCUT2D eigenvalue weighted by Crippen LogP contribution is -2.60. The second kappa shape index (κ2) is 21.4. The molecule has 3 fully saturated rings. The van der Waals surface area contributed by atoms with Gasteiger partial charge in [0, 0.05) is 67.9 Å². The van der Waals surface area contributed by atoms with Gasteiger partial charge < -0.3 is 57.2 Å². The van der Waals surface area contributed by atoms with Crippen molar-refractivity contribution < 1.29 is 43.5 Å². The average Bonchev–Trinajstić information content (AvgIpc) is 4.13. The van der Waals surface area contributed by atoms with Gasteiger partial charge in [0.1, 0.15) is 36.3 Å². The maximum atomic E-state index is 14.7. The molecule has 21 heteroatoms. The Morgan fingerprint density at radius 2 is 1.44 bits per heavy atom. The Labute approximate surface area is 368 Å². The van der Waals surface area contributed by atoms with E-state index in [4.69, 9.17) is 11.5 Å². The van der Waals surface area contributed by atoms with E-state index in [0.717, 1.165) is 16.5 Å². The molecule has 0 bridgehead atoms. The molecule has 0 unspecified atom stereocenters. The molecule has 340 valence electrons. The van der Waals surface area contributed by atoms with E-state index in [2.05, 4.69) is 30.9 Å². The molecule has 7 amide bonds. The number of nitrogens with zero attached hydrogens (tertiary/aromatic N) is 4. The number of carbonyl (C=O) groups is 8. The van der Waals surface area contributed by atoms with Crippen LogP contribution in [0.25, 0.3) is 10.9 Å². The Kier molecular flexibility index (Phi) is 15.8. The van der Waals surface area contributed by atoms with E-state index in [1.54, 1.807) is 6.20 Å². The highest BCUT2D eigenvalue weighted by Crippen LogP contribution is 2.28. The summed E-state index contributed by atoms with van der Waals surface area (Å²) < 4.78 is 0. The number of aromatic nitrogens is 3. The van der Waals surface area contributed by atoms with Crippen molar-refractivity contribution in [2.45, 2.75) is 113 Å². The number of fused-ring (bicyclic) bond motifs is 1. The number of aromatic amines is 2. The van der Waals surface area contributed by atoms with Crippen LogP contribution in [0.4, 0.5) is 0 Å². The van der Waals surface area contributed by atoms with Crippen molar-refractivity contribution in [2.75, 3.05) is 31.6 Å². The van der Waals surface area contributed by atoms with Gasteiger partial charge in [-0.1, -0.05) is 18.2 Å². The summed E-state index contributed by atoms with van der Waals surface area (Å²) in [5.41, 5.74) is 13.3. The van der Waals surface area contributed by atoms with Crippen LogP contribution in [0.2, 0.25) is 0 Å². The molecule has 10 N–H and O–H groups in total. The Hall–Kier alpha value is -5.96. The first-order chi connectivity index (χ1) is 30.3. The lowest BCUT2D eigenvalue weighted by atomic mass is 10.0. The van der Waals surface area contributed by atoms with Crippen LogP contribution in [0.5, 0.6) is 0 Å². The molecule has 0 radical (unpaired) electrons. The SMILES string of the molecule is CSCC[C@H](NC(=O)[C@@H](N)CCC(N)=O)C(=O)N[C@@H](Cc1cnc[nH]1)C(=O)N1CCC[C@H]1C(=O)N[C@@H](Cc1c[nH]c2ccccc12)C(=O)N1CCC[C@H]1C(=O)N1CCC[C@H]1C(=O)O. The maximum absolute atomic E-state index is 14.7. The number of hydrogen-bond donors (Lipinski definition) is 8. The highest BCUT2D eigenvalue weighted by atomic mass is 32.2. The number of imidazole rings is 1. The van der Waals surface area contributed by atoms with Crippen molar-refractivity contribution >= 4 is 70.0 Å². The number of hydrogen-bond acceptors (Lipinski definition) is 11. The van der Waals surface area contributed by atoms with Gasteiger partial charge in [0.25, 0.3) is 0 Å². The summed E-state index contributed by atoms with van der Waals surface area (Å²) in [6.07, 6.45) is 9.08. The summed E-state index contributed by atoms with van der Waals surface area (Å²) >= 11 is 1.45. The number of aliphatic carboxylic acids is 1. The Balaban J connectivity index is 1.22. The van der Waals surface area contributed by atoms with Crippen LogP contribution < -0.4 is 27.4 Å². The van der Waals surface area contributed by atoms with Crippen molar-refractivity contribution in [3.05, 3.63) is 54.2 Å². The van der Waals surface area contributed by atoms with Crippen LogP contribution in [0.15, 0.2) is 43.0 Å². The van der Waals surface area contributed by atoms with Crippen LogP contribution in [0.1, 0.15) is 69.0 Å². The lowest BCUT2D eigenvalue weighted by molar-refractivity contribution is -0.152. The van der Waals surface area contributed by atoms with Gasteiger partial charge in [0.15, 0.2) is 0 Å². The monoisotopic (exact) mass is 891 g/mol. The molecule has 0 aliphatic carbocycles.